The number of hydrogen-bond acceptors (Lipinski definition) is 2. The third kappa shape index (κ3) is 0.446. The highest BCUT2D eigenvalue weighted by atomic mass is 15.0. The third-order valence-corrected chi connectivity index (χ3v) is 2.52. The summed E-state index contributed by atoms with van der Waals surface area (Å²) in [4.78, 5) is 0. The molecular weight excluding hydrogens is 100 g/mol. The molecule has 0 spiro atoms. The SMILES string of the molecule is NC1C[C@@H]2CNC[C@H]12. The quantitative estimate of drug-likeness (QED) is 0.445. The van der Waals surface area contributed by atoms with Crippen LogP contribution >= 0.6 is 0 Å². The number of nitrogens with two attached hydrogens (primary N) is 1. The van der Waals surface area contributed by atoms with E-state index in [0.717, 1.165) is 11.8 Å². The van der Waals surface area contributed by atoms with E-state index in [1.54, 1.807) is 0 Å². The number of fused-ring (bicyclic) bond motifs is 1. The predicted molar refractivity (Wildman–Crippen MR) is 32.4 cm³/mol. The lowest BCUT2D eigenvalue weighted by Crippen LogP contribution is -2.46. The van der Waals surface area contributed by atoms with Crippen LogP contribution in [0.25, 0.3) is 0 Å². The van der Waals surface area contributed by atoms with Gasteiger partial charge in [0.15, 0.2) is 0 Å². The number of nitrogens with one attached hydrogen (secondary N) is 1. The molecule has 46 valence electrons. The maximum atomic E-state index is 5.72. The second-order valence-corrected chi connectivity index (χ2v) is 2.98. The fraction of sp³-hybridized carbons (Fsp3) is 1.00. The summed E-state index contributed by atoms with van der Waals surface area (Å²) in [6.45, 7) is 2.39. The Kier molecular flexibility index (Phi) is 0.866. The molecule has 0 bridgehead atoms. The first-order chi connectivity index (χ1) is 3.88. The molecule has 0 aromatic heterocycles. The molecule has 0 radical (unpaired) electrons. The fourth-order valence-corrected chi connectivity index (χ4v) is 1.84. The molecule has 2 heteroatoms. The van der Waals surface area contributed by atoms with Gasteiger partial charge in [-0.3, -0.25) is 0 Å². The molecule has 3 atom stereocenters. The summed E-state index contributed by atoms with van der Waals surface area (Å²) in [5, 5.41) is 3.33. The van der Waals surface area contributed by atoms with Crippen molar-refractivity contribution < 1.29 is 0 Å². The zero-order valence-corrected chi connectivity index (χ0v) is 4.93. The molecule has 1 saturated carbocycles. The van der Waals surface area contributed by atoms with Crippen molar-refractivity contribution in [3.63, 3.8) is 0 Å². The fourth-order valence-electron chi connectivity index (χ4n) is 1.84. The Labute approximate surface area is 49.4 Å². The van der Waals surface area contributed by atoms with Crippen LogP contribution in [0, 0.1) is 11.8 Å². The highest BCUT2D eigenvalue weighted by Gasteiger charge is 2.41. The molecule has 2 fully saturated rings. The average molecular weight is 112 g/mol. The average Bonchev–Trinajstić information content (AvgIpc) is 2.09. The molecule has 3 N–H and O–H groups in total. The second kappa shape index (κ2) is 1.45. The van der Waals surface area contributed by atoms with Gasteiger partial charge in [-0.1, -0.05) is 0 Å². The zero-order chi connectivity index (χ0) is 5.56. The lowest BCUT2D eigenvalue weighted by molar-refractivity contribution is 0.194. The third-order valence-electron chi connectivity index (χ3n) is 2.52. The Morgan fingerprint density at radius 1 is 1.38 bits per heavy atom. The minimum absolute atomic E-state index is 0.523. The summed E-state index contributed by atoms with van der Waals surface area (Å²) in [5.74, 6) is 1.76. The largest absolute Gasteiger partial charge is 0.327 e. The van der Waals surface area contributed by atoms with Crippen molar-refractivity contribution in [2.45, 2.75) is 12.5 Å². The van der Waals surface area contributed by atoms with Crippen LogP contribution in [0.2, 0.25) is 0 Å². The summed E-state index contributed by atoms with van der Waals surface area (Å²) in [5.41, 5.74) is 5.72. The van der Waals surface area contributed by atoms with Crippen molar-refractivity contribution in [3.05, 3.63) is 0 Å². The van der Waals surface area contributed by atoms with Gasteiger partial charge in [0, 0.05) is 6.04 Å². The van der Waals surface area contributed by atoms with Gasteiger partial charge in [0.25, 0.3) is 0 Å². The van der Waals surface area contributed by atoms with E-state index >= 15 is 0 Å². The molecule has 0 aromatic carbocycles. The van der Waals surface area contributed by atoms with E-state index in [-0.39, 0.29) is 0 Å². The van der Waals surface area contributed by atoms with Crippen molar-refractivity contribution >= 4 is 0 Å². The summed E-state index contributed by atoms with van der Waals surface area (Å²) >= 11 is 0. The van der Waals surface area contributed by atoms with E-state index in [1.807, 2.05) is 0 Å². The minimum atomic E-state index is 0.523. The van der Waals surface area contributed by atoms with Gasteiger partial charge < -0.3 is 11.1 Å². The maximum absolute atomic E-state index is 5.72. The van der Waals surface area contributed by atoms with Gasteiger partial charge in [-0.05, 0) is 31.3 Å². The summed E-state index contributed by atoms with van der Waals surface area (Å²) in [7, 11) is 0. The van der Waals surface area contributed by atoms with E-state index < -0.39 is 0 Å². The standard InChI is InChI=1S/C6H12N2/c7-6-1-4-2-8-3-5(4)6/h4-6,8H,1-3,7H2/t4-,5+,6?/m1/s1. The van der Waals surface area contributed by atoms with Crippen molar-refractivity contribution in [3.8, 4) is 0 Å². The lowest BCUT2D eigenvalue weighted by Gasteiger charge is -2.36. The van der Waals surface area contributed by atoms with Gasteiger partial charge >= 0.3 is 0 Å². The van der Waals surface area contributed by atoms with Gasteiger partial charge in [-0.15, -0.1) is 0 Å². The number of hydrogen-bond donors (Lipinski definition) is 2. The van der Waals surface area contributed by atoms with E-state index in [2.05, 4.69) is 5.32 Å². The maximum Gasteiger partial charge on any atom is 0.00856 e. The molecule has 2 aliphatic rings. The Morgan fingerprint density at radius 2 is 2.25 bits per heavy atom. The van der Waals surface area contributed by atoms with Crippen molar-refractivity contribution in [2.24, 2.45) is 17.6 Å². The second-order valence-electron chi connectivity index (χ2n) is 2.98. The molecule has 1 aliphatic carbocycles. The normalized spacial score (nSPS) is 52.9. The van der Waals surface area contributed by atoms with E-state index in [9.17, 15) is 0 Å². The first-order valence-corrected chi connectivity index (χ1v) is 3.34. The predicted octanol–water partition coefficient (Wildman–Crippen LogP) is -0.447. The zero-order valence-electron chi connectivity index (χ0n) is 4.93. The van der Waals surface area contributed by atoms with Crippen LogP contribution in [-0.4, -0.2) is 19.1 Å². The summed E-state index contributed by atoms with van der Waals surface area (Å²) < 4.78 is 0. The van der Waals surface area contributed by atoms with Gasteiger partial charge in [0.05, 0.1) is 0 Å². The van der Waals surface area contributed by atoms with Gasteiger partial charge in [0.2, 0.25) is 0 Å². The molecule has 2 nitrogen and oxygen atoms in total. The Morgan fingerprint density at radius 3 is 2.75 bits per heavy atom. The lowest BCUT2D eigenvalue weighted by atomic mass is 9.72. The Bertz CT molecular complexity index is 103. The molecular formula is C6H12N2. The van der Waals surface area contributed by atoms with Gasteiger partial charge in [0.1, 0.15) is 0 Å². The summed E-state index contributed by atoms with van der Waals surface area (Å²) in [6.07, 6.45) is 1.26. The smallest absolute Gasteiger partial charge is 0.00856 e. The van der Waals surface area contributed by atoms with Gasteiger partial charge in [-0.2, -0.15) is 0 Å². The molecule has 0 aromatic rings. The first kappa shape index (κ1) is 4.77. The topological polar surface area (TPSA) is 38.0 Å². The van der Waals surface area contributed by atoms with Crippen LogP contribution < -0.4 is 11.1 Å². The monoisotopic (exact) mass is 112 g/mol. The van der Waals surface area contributed by atoms with Crippen LogP contribution in [-0.2, 0) is 0 Å². The Hall–Kier alpha value is -0.0800. The molecule has 1 saturated heterocycles. The highest BCUT2D eigenvalue weighted by Crippen LogP contribution is 2.35. The molecule has 1 aliphatic heterocycles. The first-order valence-electron chi connectivity index (χ1n) is 3.34. The van der Waals surface area contributed by atoms with Crippen molar-refractivity contribution in [2.75, 3.05) is 13.1 Å². The van der Waals surface area contributed by atoms with Crippen LogP contribution in [0.15, 0.2) is 0 Å². The molecule has 1 unspecified atom stereocenters. The van der Waals surface area contributed by atoms with Crippen molar-refractivity contribution in [1.29, 1.82) is 0 Å². The van der Waals surface area contributed by atoms with Crippen molar-refractivity contribution in [1.82, 2.24) is 5.32 Å². The summed E-state index contributed by atoms with van der Waals surface area (Å²) in [6, 6.07) is 0.523. The molecule has 8 heavy (non-hydrogen) atoms. The van der Waals surface area contributed by atoms with E-state index in [0.29, 0.717) is 6.04 Å². The van der Waals surface area contributed by atoms with Crippen LogP contribution in [0.3, 0.4) is 0 Å². The van der Waals surface area contributed by atoms with Gasteiger partial charge in [-0.25, -0.2) is 0 Å². The number of rotatable bonds is 0. The van der Waals surface area contributed by atoms with E-state index in [4.69, 9.17) is 5.73 Å². The van der Waals surface area contributed by atoms with Crippen LogP contribution in [0.4, 0.5) is 0 Å². The van der Waals surface area contributed by atoms with Crippen LogP contribution in [0.1, 0.15) is 6.42 Å². The highest BCUT2D eigenvalue weighted by molar-refractivity contribution is 4.98. The minimum Gasteiger partial charge on any atom is -0.327 e. The molecule has 0 amide bonds. The van der Waals surface area contributed by atoms with Crippen LogP contribution in [0.5, 0.6) is 0 Å². The van der Waals surface area contributed by atoms with E-state index in [1.165, 1.54) is 19.5 Å². The Balaban J connectivity index is 2.02. The molecule has 2 rings (SSSR count). The molecule has 1 heterocycles.